The predicted octanol–water partition coefficient (Wildman–Crippen LogP) is 4.30. The fourth-order valence-corrected chi connectivity index (χ4v) is 4.44. The van der Waals surface area contributed by atoms with Gasteiger partial charge in [0, 0.05) is 0 Å². The molecule has 0 radical (unpaired) electrons. The molecule has 4 rings (SSSR count). The second-order valence-corrected chi connectivity index (χ2v) is 8.44. The molecule has 0 amide bonds. The van der Waals surface area contributed by atoms with E-state index in [1.54, 1.807) is 42.5 Å². The van der Waals surface area contributed by atoms with Crippen molar-refractivity contribution in [1.82, 2.24) is 0 Å². The van der Waals surface area contributed by atoms with Crippen LogP contribution in [0.25, 0.3) is 0 Å². The number of hydrogen-bond acceptors (Lipinski definition) is 4. The molecule has 1 fully saturated rings. The van der Waals surface area contributed by atoms with Crippen molar-refractivity contribution in [2.45, 2.75) is 17.9 Å². The third kappa shape index (κ3) is 3.88. The van der Waals surface area contributed by atoms with Gasteiger partial charge in [-0.05, 0) is 48.9 Å². The van der Waals surface area contributed by atoms with Crippen LogP contribution < -0.4 is 9.04 Å². The minimum absolute atomic E-state index is 0.0741. The average Bonchev–Trinajstić information content (AvgIpc) is 3.53. The molecular weight excluding hydrogens is 374 g/mol. The van der Waals surface area contributed by atoms with Crippen LogP contribution in [0.3, 0.4) is 0 Å². The summed E-state index contributed by atoms with van der Waals surface area (Å²) in [6.45, 7) is 2.99. The molecule has 1 aliphatic heterocycles. The highest BCUT2D eigenvalue weighted by atomic mass is 32.2. The van der Waals surface area contributed by atoms with E-state index >= 15 is 0 Å². The molecule has 1 saturated heterocycles. The number of para-hydroxylation sites is 1. The predicted molar refractivity (Wildman–Crippen MR) is 109 cm³/mol. The number of ether oxygens (including phenoxy) is 2. The average molecular weight is 395 g/mol. The van der Waals surface area contributed by atoms with E-state index in [-0.39, 0.29) is 11.0 Å². The maximum Gasteiger partial charge on any atom is 0.268 e. The molecule has 0 aromatic heterocycles. The van der Waals surface area contributed by atoms with Crippen molar-refractivity contribution in [2.24, 2.45) is 0 Å². The minimum atomic E-state index is -3.85. The standard InChI is InChI=1S/C22H21NO4S/c1-17-12-13-22(27-16-19-15-26-19)21(14-17)23(18-8-4-2-5-9-18)28(24,25)20-10-6-3-7-11-20/h2-14,19H,15-16H2,1H3. The lowest BCUT2D eigenvalue weighted by Crippen LogP contribution is -2.27. The van der Waals surface area contributed by atoms with E-state index in [9.17, 15) is 8.42 Å². The molecule has 0 aliphatic carbocycles. The lowest BCUT2D eigenvalue weighted by atomic mass is 10.2. The number of rotatable bonds is 7. The molecule has 0 saturated carbocycles. The molecule has 1 unspecified atom stereocenters. The van der Waals surface area contributed by atoms with Crippen LogP contribution in [-0.2, 0) is 14.8 Å². The monoisotopic (exact) mass is 395 g/mol. The van der Waals surface area contributed by atoms with E-state index in [2.05, 4.69) is 0 Å². The van der Waals surface area contributed by atoms with Gasteiger partial charge in [0.2, 0.25) is 0 Å². The highest BCUT2D eigenvalue weighted by Gasteiger charge is 2.30. The van der Waals surface area contributed by atoms with Gasteiger partial charge in [0.15, 0.2) is 0 Å². The van der Waals surface area contributed by atoms with Gasteiger partial charge in [-0.1, -0.05) is 42.5 Å². The normalized spacial score (nSPS) is 15.8. The molecule has 1 atom stereocenters. The summed E-state index contributed by atoms with van der Waals surface area (Å²) >= 11 is 0. The first-order chi connectivity index (χ1) is 13.6. The smallest absolute Gasteiger partial charge is 0.268 e. The second-order valence-electron chi connectivity index (χ2n) is 6.66. The first kappa shape index (κ1) is 18.5. The molecule has 0 bridgehead atoms. The molecule has 28 heavy (non-hydrogen) atoms. The minimum Gasteiger partial charge on any atom is -0.489 e. The Hall–Kier alpha value is -2.83. The number of sulfonamides is 1. The van der Waals surface area contributed by atoms with E-state index < -0.39 is 10.0 Å². The highest BCUT2D eigenvalue weighted by Crippen LogP contribution is 2.39. The number of aryl methyl sites for hydroxylation is 1. The Balaban J connectivity index is 1.86. The summed E-state index contributed by atoms with van der Waals surface area (Å²) in [5, 5.41) is 0. The molecule has 3 aromatic rings. The van der Waals surface area contributed by atoms with Crippen LogP contribution in [0.5, 0.6) is 5.75 Å². The van der Waals surface area contributed by atoms with Crippen LogP contribution in [-0.4, -0.2) is 27.7 Å². The number of nitrogens with zero attached hydrogens (tertiary/aromatic N) is 1. The summed E-state index contributed by atoms with van der Waals surface area (Å²) in [5.41, 5.74) is 1.97. The molecule has 3 aromatic carbocycles. The number of benzene rings is 3. The zero-order valence-electron chi connectivity index (χ0n) is 15.5. The van der Waals surface area contributed by atoms with E-state index in [4.69, 9.17) is 9.47 Å². The first-order valence-corrected chi connectivity index (χ1v) is 10.5. The fourth-order valence-electron chi connectivity index (χ4n) is 2.92. The van der Waals surface area contributed by atoms with E-state index in [1.807, 2.05) is 43.3 Å². The van der Waals surface area contributed by atoms with Crippen LogP contribution >= 0.6 is 0 Å². The van der Waals surface area contributed by atoms with Crippen molar-refractivity contribution in [3.63, 3.8) is 0 Å². The van der Waals surface area contributed by atoms with Gasteiger partial charge in [-0.2, -0.15) is 0 Å². The van der Waals surface area contributed by atoms with Gasteiger partial charge in [-0.15, -0.1) is 0 Å². The topological polar surface area (TPSA) is 59.1 Å². The Morgan fingerprint density at radius 3 is 2.29 bits per heavy atom. The molecule has 5 nitrogen and oxygen atoms in total. The van der Waals surface area contributed by atoms with E-state index in [1.165, 1.54) is 4.31 Å². The second kappa shape index (κ2) is 7.66. The third-order valence-electron chi connectivity index (χ3n) is 4.43. The van der Waals surface area contributed by atoms with Gasteiger partial charge in [0.1, 0.15) is 18.5 Å². The zero-order valence-corrected chi connectivity index (χ0v) is 16.3. The van der Waals surface area contributed by atoms with Gasteiger partial charge in [-0.25, -0.2) is 12.7 Å². The summed E-state index contributed by atoms with van der Waals surface area (Å²) in [7, 11) is -3.85. The van der Waals surface area contributed by atoms with E-state index in [0.717, 1.165) is 5.56 Å². The molecule has 6 heteroatoms. The van der Waals surface area contributed by atoms with Crippen LogP contribution in [0.4, 0.5) is 11.4 Å². The zero-order chi connectivity index (χ0) is 19.6. The van der Waals surface area contributed by atoms with Crippen LogP contribution in [0.15, 0.2) is 83.8 Å². The van der Waals surface area contributed by atoms with Gasteiger partial charge < -0.3 is 9.47 Å². The Kier molecular flexibility index (Phi) is 5.07. The van der Waals surface area contributed by atoms with Crippen LogP contribution in [0.2, 0.25) is 0 Å². The number of epoxide rings is 1. The van der Waals surface area contributed by atoms with Crippen molar-refractivity contribution in [3.8, 4) is 5.75 Å². The summed E-state index contributed by atoms with van der Waals surface area (Å²) in [4.78, 5) is 0.219. The maximum atomic E-state index is 13.6. The van der Waals surface area contributed by atoms with Gasteiger partial charge in [0.05, 0.1) is 22.9 Å². The quantitative estimate of drug-likeness (QED) is 0.560. The van der Waals surface area contributed by atoms with Crippen LogP contribution in [0.1, 0.15) is 5.56 Å². The summed E-state index contributed by atoms with van der Waals surface area (Å²) < 4.78 is 39.7. The Bertz CT molecular complexity index is 1050. The van der Waals surface area contributed by atoms with Crippen molar-refractivity contribution < 1.29 is 17.9 Å². The number of anilines is 2. The lowest BCUT2D eigenvalue weighted by Gasteiger charge is -2.27. The highest BCUT2D eigenvalue weighted by molar-refractivity contribution is 7.93. The molecule has 0 spiro atoms. The summed E-state index contributed by atoms with van der Waals surface area (Å²) in [5.74, 6) is 0.504. The molecule has 0 N–H and O–H groups in total. The summed E-state index contributed by atoms with van der Waals surface area (Å²) in [6.07, 6.45) is 0.0741. The SMILES string of the molecule is Cc1ccc(OCC2CO2)c(N(c2ccccc2)S(=O)(=O)c2ccccc2)c1. The van der Waals surface area contributed by atoms with Gasteiger partial charge >= 0.3 is 0 Å². The molecule has 144 valence electrons. The first-order valence-electron chi connectivity index (χ1n) is 9.06. The van der Waals surface area contributed by atoms with Crippen molar-refractivity contribution >= 4 is 21.4 Å². The molecular formula is C22H21NO4S. The Labute approximate surface area is 165 Å². The maximum absolute atomic E-state index is 13.6. The van der Waals surface area contributed by atoms with Crippen LogP contribution in [0, 0.1) is 6.92 Å². The van der Waals surface area contributed by atoms with E-state index in [0.29, 0.717) is 30.3 Å². The van der Waals surface area contributed by atoms with Crippen molar-refractivity contribution in [2.75, 3.05) is 17.5 Å². The Morgan fingerprint density at radius 1 is 1.00 bits per heavy atom. The number of hydrogen-bond donors (Lipinski definition) is 0. The van der Waals surface area contributed by atoms with Gasteiger partial charge in [0.25, 0.3) is 10.0 Å². The lowest BCUT2D eigenvalue weighted by molar-refractivity contribution is 0.264. The fraction of sp³-hybridized carbons (Fsp3) is 0.182. The Morgan fingerprint density at radius 2 is 1.64 bits per heavy atom. The largest absolute Gasteiger partial charge is 0.489 e. The molecule has 1 aliphatic rings. The van der Waals surface area contributed by atoms with Gasteiger partial charge in [-0.3, -0.25) is 0 Å². The molecule has 1 heterocycles. The van der Waals surface area contributed by atoms with Crippen molar-refractivity contribution in [3.05, 3.63) is 84.4 Å². The summed E-state index contributed by atoms with van der Waals surface area (Å²) in [6, 6.07) is 23.0. The van der Waals surface area contributed by atoms with Crippen molar-refractivity contribution in [1.29, 1.82) is 0 Å². The third-order valence-corrected chi connectivity index (χ3v) is 6.19.